The van der Waals surface area contributed by atoms with Crippen LogP contribution in [0.25, 0.3) is 0 Å². The molecule has 0 bridgehead atoms. The maximum Gasteiger partial charge on any atom is 0.238 e. The molecule has 0 saturated carbocycles. The van der Waals surface area contributed by atoms with Gasteiger partial charge in [-0.2, -0.15) is 0 Å². The van der Waals surface area contributed by atoms with Crippen molar-refractivity contribution in [3.05, 3.63) is 54.1 Å². The van der Waals surface area contributed by atoms with Crippen LogP contribution in [0, 0.1) is 0 Å². The Balaban J connectivity index is 1.44. The Kier molecular flexibility index (Phi) is 11.5. The van der Waals surface area contributed by atoms with Crippen molar-refractivity contribution in [3.63, 3.8) is 0 Å². The van der Waals surface area contributed by atoms with Gasteiger partial charge in [-0.25, -0.2) is 0 Å². The number of rotatable bonds is 15. The molecule has 2 aromatic rings. The van der Waals surface area contributed by atoms with Crippen molar-refractivity contribution in [1.29, 1.82) is 0 Å². The first-order valence-corrected chi connectivity index (χ1v) is 14.2. The summed E-state index contributed by atoms with van der Waals surface area (Å²) in [5, 5.41) is 2.94. The van der Waals surface area contributed by atoms with Crippen LogP contribution in [0.5, 0.6) is 5.75 Å². The van der Waals surface area contributed by atoms with Gasteiger partial charge in [0.1, 0.15) is 11.1 Å². The SMILES string of the molecule is CCCCCCCCCCCC(=O)Nc1ccc(C2SCC(=O)N2c2ccc(OCC)cc2)cc1. The van der Waals surface area contributed by atoms with Gasteiger partial charge in [0.15, 0.2) is 0 Å². The minimum Gasteiger partial charge on any atom is -0.494 e. The smallest absolute Gasteiger partial charge is 0.238 e. The van der Waals surface area contributed by atoms with Gasteiger partial charge in [0.25, 0.3) is 0 Å². The molecule has 2 amide bonds. The standard InChI is InChI=1S/C29H40N2O3S/c1-3-5-6-7-8-9-10-11-12-13-27(32)30-24-16-14-23(15-17-24)29-31(28(33)22-35-29)25-18-20-26(21-19-25)34-4-2/h14-21,29H,3-13,22H2,1-2H3,(H,30,32). The number of amides is 2. The van der Waals surface area contributed by atoms with Crippen LogP contribution >= 0.6 is 11.8 Å². The Morgan fingerprint density at radius 3 is 2.17 bits per heavy atom. The van der Waals surface area contributed by atoms with E-state index in [0.29, 0.717) is 18.8 Å². The maximum absolute atomic E-state index is 12.6. The van der Waals surface area contributed by atoms with Gasteiger partial charge in [-0.15, -0.1) is 11.8 Å². The van der Waals surface area contributed by atoms with E-state index < -0.39 is 0 Å². The van der Waals surface area contributed by atoms with Gasteiger partial charge in [0.2, 0.25) is 11.8 Å². The van der Waals surface area contributed by atoms with E-state index in [1.807, 2.05) is 60.4 Å². The largest absolute Gasteiger partial charge is 0.494 e. The molecule has 2 aromatic carbocycles. The van der Waals surface area contributed by atoms with Crippen molar-refractivity contribution in [3.8, 4) is 5.75 Å². The molecule has 1 fully saturated rings. The van der Waals surface area contributed by atoms with Gasteiger partial charge < -0.3 is 10.1 Å². The molecule has 1 saturated heterocycles. The number of nitrogens with one attached hydrogen (secondary N) is 1. The van der Waals surface area contributed by atoms with Gasteiger partial charge in [-0.3, -0.25) is 14.5 Å². The molecule has 1 atom stereocenters. The molecule has 0 spiro atoms. The van der Waals surface area contributed by atoms with E-state index in [1.165, 1.54) is 44.9 Å². The number of carbonyl (C=O) groups is 2. The van der Waals surface area contributed by atoms with Gasteiger partial charge in [-0.1, -0.05) is 70.4 Å². The van der Waals surface area contributed by atoms with Gasteiger partial charge in [0, 0.05) is 17.8 Å². The third-order valence-electron chi connectivity index (χ3n) is 6.28. The summed E-state index contributed by atoms with van der Waals surface area (Å²) in [4.78, 5) is 26.8. The molecule has 5 nitrogen and oxygen atoms in total. The van der Waals surface area contributed by atoms with Crippen molar-refractivity contribution < 1.29 is 14.3 Å². The predicted octanol–water partition coefficient (Wildman–Crippen LogP) is 7.72. The molecular weight excluding hydrogens is 456 g/mol. The summed E-state index contributed by atoms with van der Waals surface area (Å²) in [6, 6.07) is 15.5. The first kappa shape index (κ1) is 27.1. The minimum absolute atomic E-state index is 0.0714. The first-order valence-electron chi connectivity index (χ1n) is 13.2. The lowest BCUT2D eigenvalue weighted by molar-refractivity contribution is -0.116. The highest BCUT2D eigenvalue weighted by molar-refractivity contribution is 8.00. The summed E-state index contributed by atoms with van der Waals surface area (Å²) in [6.07, 6.45) is 11.8. The Morgan fingerprint density at radius 1 is 0.914 bits per heavy atom. The normalized spacial score (nSPS) is 15.4. The summed E-state index contributed by atoms with van der Waals surface area (Å²) in [7, 11) is 0. The van der Waals surface area contributed by atoms with E-state index in [-0.39, 0.29) is 17.2 Å². The van der Waals surface area contributed by atoms with E-state index in [0.717, 1.165) is 35.5 Å². The number of anilines is 2. The summed E-state index contributed by atoms with van der Waals surface area (Å²) < 4.78 is 5.52. The highest BCUT2D eigenvalue weighted by Crippen LogP contribution is 2.42. The lowest BCUT2D eigenvalue weighted by Gasteiger charge is -2.24. The third kappa shape index (κ3) is 8.60. The van der Waals surface area contributed by atoms with Crippen molar-refractivity contribution in [2.75, 3.05) is 22.6 Å². The van der Waals surface area contributed by atoms with Gasteiger partial charge in [-0.05, 0) is 55.3 Å². The van der Waals surface area contributed by atoms with Crippen molar-refractivity contribution in [2.45, 2.75) is 83.4 Å². The highest BCUT2D eigenvalue weighted by Gasteiger charge is 2.34. The number of nitrogens with zero attached hydrogens (tertiary/aromatic N) is 1. The lowest BCUT2D eigenvalue weighted by Crippen LogP contribution is -2.27. The van der Waals surface area contributed by atoms with Crippen LogP contribution in [0.1, 0.15) is 89.0 Å². The monoisotopic (exact) mass is 496 g/mol. The fourth-order valence-corrected chi connectivity index (χ4v) is 5.55. The van der Waals surface area contributed by atoms with Crippen LogP contribution in [0.4, 0.5) is 11.4 Å². The van der Waals surface area contributed by atoms with E-state index in [9.17, 15) is 9.59 Å². The Morgan fingerprint density at radius 2 is 1.54 bits per heavy atom. The molecular formula is C29H40N2O3S. The number of benzene rings is 2. The zero-order valence-electron chi connectivity index (χ0n) is 21.3. The van der Waals surface area contributed by atoms with Gasteiger partial charge >= 0.3 is 0 Å². The Bertz CT molecular complexity index is 915. The topological polar surface area (TPSA) is 58.6 Å². The fourth-order valence-electron chi connectivity index (χ4n) is 4.37. The number of hydrogen-bond donors (Lipinski definition) is 1. The molecule has 35 heavy (non-hydrogen) atoms. The van der Waals surface area contributed by atoms with Crippen LogP contribution in [0.15, 0.2) is 48.5 Å². The summed E-state index contributed by atoms with van der Waals surface area (Å²) in [5.74, 6) is 1.42. The third-order valence-corrected chi connectivity index (χ3v) is 7.49. The van der Waals surface area contributed by atoms with E-state index >= 15 is 0 Å². The second kappa shape index (κ2) is 14.8. The number of carbonyl (C=O) groups excluding carboxylic acids is 2. The zero-order valence-corrected chi connectivity index (χ0v) is 22.1. The summed E-state index contributed by atoms with van der Waals surface area (Å²) in [5.41, 5.74) is 2.72. The molecule has 0 aliphatic carbocycles. The highest BCUT2D eigenvalue weighted by atomic mass is 32.2. The molecule has 0 radical (unpaired) electrons. The second-order valence-corrected chi connectivity index (χ2v) is 10.2. The lowest BCUT2D eigenvalue weighted by atomic mass is 10.1. The molecule has 1 aliphatic heterocycles. The van der Waals surface area contributed by atoms with Crippen LogP contribution in [0.2, 0.25) is 0 Å². The van der Waals surface area contributed by atoms with Crippen LogP contribution in [-0.2, 0) is 9.59 Å². The van der Waals surface area contributed by atoms with E-state index in [1.54, 1.807) is 11.8 Å². The Labute approximate surface area is 215 Å². The molecule has 1 heterocycles. The van der Waals surface area contributed by atoms with Crippen LogP contribution < -0.4 is 15.0 Å². The number of thioether (sulfide) groups is 1. The molecule has 0 aromatic heterocycles. The van der Waals surface area contributed by atoms with E-state index in [4.69, 9.17) is 4.74 Å². The molecule has 6 heteroatoms. The fraction of sp³-hybridized carbons (Fsp3) is 0.517. The average Bonchev–Trinajstić information content (AvgIpc) is 3.25. The van der Waals surface area contributed by atoms with Crippen molar-refractivity contribution >= 4 is 35.0 Å². The van der Waals surface area contributed by atoms with Crippen molar-refractivity contribution in [2.24, 2.45) is 0 Å². The Hall–Kier alpha value is -2.47. The van der Waals surface area contributed by atoms with Crippen molar-refractivity contribution in [1.82, 2.24) is 0 Å². The molecule has 1 N–H and O–H groups in total. The summed E-state index contributed by atoms with van der Waals surface area (Å²) in [6.45, 7) is 4.81. The first-order chi connectivity index (χ1) is 17.1. The molecule has 190 valence electrons. The van der Waals surface area contributed by atoms with Crippen LogP contribution in [0.3, 0.4) is 0 Å². The second-order valence-electron chi connectivity index (χ2n) is 9.10. The number of ether oxygens (including phenoxy) is 1. The molecule has 1 unspecified atom stereocenters. The molecule has 3 rings (SSSR count). The van der Waals surface area contributed by atoms with E-state index in [2.05, 4.69) is 12.2 Å². The predicted molar refractivity (Wildman–Crippen MR) is 147 cm³/mol. The number of hydrogen-bond acceptors (Lipinski definition) is 4. The number of unbranched alkanes of at least 4 members (excludes halogenated alkanes) is 8. The van der Waals surface area contributed by atoms with Gasteiger partial charge in [0.05, 0.1) is 12.4 Å². The zero-order chi connectivity index (χ0) is 24.9. The summed E-state index contributed by atoms with van der Waals surface area (Å²) >= 11 is 1.62. The quantitative estimate of drug-likeness (QED) is 0.256. The average molecular weight is 497 g/mol. The maximum atomic E-state index is 12.6. The molecule has 1 aliphatic rings. The minimum atomic E-state index is -0.0767. The van der Waals surface area contributed by atoms with Crippen LogP contribution in [-0.4, -0.2) is 24.2 Å².